The van der Waals surface area contributed by atoms with Gasteiger partial charge in [-0.3, -0.25) is 0 Å². The fraction of sp³-hybridized carbons (Fsp3) is 0.619. The molecule has 3 atom stereocenters. The minimum absolute atomic E-state index is 0.369. The van der Waals surface area contributed by atoms with E-state index in [2.05, 4.69) is 50.9 Å². The minimum Gasteiger partial charge on any atom is -0.313 e. The molecular formula is C21H33N. The average Bonchev–Trinajstić information content (AvgIpc) is 2.52. The standard InChI is InChI=1S/C19H27N.C2H6/c1-5-6-9-19-10-11-20-17(15(19)4)12-16-8-7-13(2)14(3)18(16)19;1-2/h5,7-8,15,17,20H,1,6,9-12H2,2-4H3;1-2H3. The van der Waals surface area contributed by atoms with Gasteiger partial charge >= 0.3 is 0 Å². The number of rotatable bonds is 3. The molecule has 1 nitrogen and oxygen atoms in total. The van der Waals surface area contributed by atoms with E-state index in [1.165, 1.54) is 31.4 Å². The molecule has 0 amide bonds. The largest absolute Gasteiger partial charge is 0.313 e. The number of allylic oxidation sites excluding steroid dienone is 1. The molecule has 0 radical (unpaired) electrons. The second-order valence-electron chi connectivity index (χ2n) is 6.83. The van der Waals surface area contributed by atoms with E-state index in [0.29, 0.717) is 11.5 Å². The van der Waals surface area contributed by atoms with Crippen LogP contribution >= 0.6 is 0 Å². The molecule has 1 aliphatic heterocycles. The van der Waals surface area contributed by atoms with Crippen molar-refractivity contribution in [2.24, 2.45) is 5.92 Å². The Hall–Kier alpha value is -1.08. The molecule has 0 aromatic heterocycles. The zero-order valence-electron chi connectivity index (χ0n) is 15.1. The van der Waals surface area contributed by atoms with Gasteiger partial charge in [-0.15, -0.1) is 6.58 Å². The van der Waals surface area contributed by atoms with Gasteiger partial charge < -0.3 is 5.32 Å². The molecule has 1 heterocycles. The van der Waals surface area contributed by atoms with E-state index in [1.807, 2.05) is 13.8 Å². The molecule has 2 aliphatic rings. The normalized spacial score (nSPS) is 29.1. The van der Waals surface area contributed by atoms with Gasteiger partial charge in [-0.2, -0.15) is 0 Å². The van der Waals surface area contributed by atoms with Crippen molar-refractivity contribution in [2.45, 2.75) is 71.8 Å². The predicted molar refractivity (Wildman–Crippen MR) is 97.6 cm³/mol. The van der Waals surface area contributed by atoms with Crippen LogP contribution in [0.2, 0.25) is 0 Å². The summed E-state index contributed by atoms with van der Waals surface area (Å²) in [4.78, 5) is 0. The SMILES string of the molecule is C=CCCC12CCNC(Cc3ccc(C)c(C)c31)C2C.CC. The monoisotopic (exact) mass is 299 g/mol. The molecule has 122 valence electrons. The third-order valence-corrected chi connectivity index (χ3v) is 6.01. The van der Waals surface area contributed by atoms with Crippen LogP contribution in [0.3, 0.4) is 0 Å². The molecule has 1 aromatic carbocycles. The van der Waals surface area contributed by atoms with Crippen LogP contribution in [0.1, 0.15) is 62.3 Å². The molecular weight excluding hydrogens is 266 g/mol. The van der Waals surface area contributed by atoms with Crippen molar-refractivity contribution in [3.05, 3.63) is 47.0 Å². The molecule has 0 spiro atoms. The van der Waals surface area contributed by atoms with Gasteiger partial charge in [-0.25, -0.2) is 0 Å². The van der Waals surface area contributed by atoms with Crippen molar-refractivity contribution in [2.75, 3.05) is 6.54 Å². The Kier molecular flexibility index (Phi) is 5.50. The van der Waals surface area contributed by atoms with Crippen LogP contribution in [0, 0.1) is 19.8 Å². The topological polar surface area (TPSA) is 12.0 Å². The van der Waals surface area contributed by atoms with Gasteiger partial charge in [-0.05, 0) is 74.2 Å². The summed E-state index contributed by atoms with van der Waals surface area (Å²) in [6.07, 6.45) is 6.96. The fourth-order valence-electron chi connectivity index (χ4n) is 4.68. The van der Waals surface area contributed by atoms with Crippen molar-refractivity contribution in [3.63, 3.8) is 0 Å². The Morgan fingerprint density at radius 1 is 1.32 bits per heavy atom. The molecule has 3 rings (SSSR count). The molecule has 1 aliphatic carbocycles. The summed E-state index contributed by atoms with van der Waals surface area (Å²) in [6, 6.07) is 5.34. The highest BCUT2D eigenvalue weighted by atomic mass is 15.0. The van der Waals surface area contributed by atoms with E-state index in [4.69, 9.17) is 0 Å². The van der Waals surface area contributed by atoms with Crippen LogP contribution in [0.15, 0.2) is 24.8 Å². The molecule has 2 bridgehead atoms. The molecule has 1 saturated heterocycles. The van der Waals surface area contributed by atoms with Gasteiger partial charge in [0.1, 0.15) is 0 Å². The Bertz CT molecular complexity index is 531. The number of hydrogen-bond acceptors (Lipinski definition) is 1. The minimum atomic E-state index is 0.369. The Morgan fingerprint density at radius 2 is 2.05 bits per heavy atom. The van der Waals surface area contributed by atoms with E-state index < -0.39 is 0 Å². The highest BCUT2D eigenvalue weighted by molar-refractivity contribution is 5.48. The fourth-order valence-corrected chi connectivity index (χ4v) is 4.68. The molecule has 1 aromatic rings. The van der Waals surface area contributed by atoms with Gasteiger partial charge in [0.05, 0.1) is 0 Å². The summed E-state index contributed by atoms with van der Waals surface area (Å²) in [7, 11) is 0. The van der Waals surface area contributed by atoms with Crippen molar-refractivity contribution in [3.8, 4) is 0 Å². The maximum absolute atomic E-state index is 3.95. The van der Waals surface area contributed by atoms with Crippen LogP contribution < -0.4 is 5.32 Å². The summed E-state index contributed by atoms with van der Waals surface area (Å²) >= 11 is 0. The van der Waals surface area contributed by atoms with Gasteiger partial charge in [-0.1, -0.05) is 39.0 Å². The van der Waals surface area contributed by atoms with Crippen LogP contribution in [-0.4, -0.2) is 12.6 Å². The number of benzene rings is 1. The van der Waals surface area contributed by atoms with Crippen LogP contribution in [0.25, 0.3) is 0 Å². The Morgan fingerprint density at radius 3 is 2.73 bits per heavy atom. The summed E-state index contributed by atoms with van der Waals surface area (Å²) < 4.78 is 0. The lowest BCUT2D eigenvalue weighted by atomic mass is 9.55. The summed E-state index contributed by atoms with van der Waals surface area (Å²) in [5.41, 5.74) is 6.63. The number of fused-ring (bicyclic) bond motifs is 4. The Labute approximate surface area is 137 Å². The first-order valence-corrected chi connectivity index (χ1v) is 9.04. The van der Waals surface area contributed by atoms with Crippen molar-refractivity contribution >= 4 is 0 Å². The molecule has 3 unspecified atom stereocenters. The summed E-state index contributed by atoms with van der Waals surface area (Å²) in [5.74, 6) is 0.726. The zero-order chi connectivity index (χ0) is 16.3. The van der Waals surface area contributed by atoms with Crippen LogP contribution in [0.5, 0.6) is 0 Å². The number of aryl methyl sites for hydroxylation is 1. The van der Waals surface area contributed by atoms with Crippen molar-refractivity contribution in [1.29, 1.82) is 0 Å². The highest BCUT2D eigenvalue weighted by Crippen LogP contribution is 2.50. The van der Waals surface area contributed by atoms with E-state index in [-0.39, 0.29) is 0 Å². The first-order valence-electron chi connectivity index (χ1n) is 9.04. The maximum Gasteiger partial charge on any atom is 0.0142 e. The first-order chi connectivity index (χ1) is 10.6. The zero-order valence-corrected chi connectivity index (χ0v) is 15.1. The van der Waals surface area contributed by atoms with Gasteiger partial charge in [0.25, 0.3) is 0 Å². The lowest BCUT2D eigenvalue weighted by molar-refractivity contribution is 0.132. The summed E-state index contributed by atoms with van der Waals surface area (Å²) in [5, 5.41) is 3.75. The van der Waals surface area contributed by atoms with Gasteiger partial charge in [0.15, 0.2) is 0 Å². The second-order valence-corrected chi connectivity index (χ2v) is 6.83. The Balaban J connectivity index is 0.000000847. The van der Waals surface area contributed by atoms with Crippen LogP contribution in [0.4, 0.5) is 0 Å². The number of nitrogens with one attached hydrogen (secondary N) is 1. The second kappa shape index (κ2) is 7.00. The lowest BCUT2D eigenvalue weighted by Crippen LogP contribution is -2.57. The predicted octanol–water partition coefficient (Wildman–Crippen LogP) is 5.09. The van der Waals surface area contributed by atoms with Crippen molar-refractivity contribution in [1.82, 2.24) is 5.32 Å². The van der Waals surface area contributed by atoms with Crippen LogP contribution in [-0.2, 0) is 11.8 Å². The highest BCUT2D eigenvalue weighted by Gasteiger charge is 2.48. The third-order valence-electron chi connectivity index (χ3n) is 6.01. The average molecular weight is 300 g/mol. The molecule has 1 fully saturated rings. The van der Waals surface area contributed by atoms with E-state index in [0.717, 1.165) is 12.3 Å². The van der Waals surface area contributed by atoms with E-state index in [9.17, 15) is 0 Å². The van der Waals surface area contributed by atoms with Gasteiger partial charge in [0.2, 0.25) is 0 Å². The molecule has 1 N–H and O–H groups in total. The molecule has 22 heavy (non-hydrogen) atoms. The summed E-state index contributed by atoms with van der Waals surface area (Å²) in [6.45, 7) is 16.2. The van der Waals surface area contributed by atoms with Crippen molar-refractivity contribution < 1.29 is 0 Å². The van der Waals surface area contributed by atoms with Gasteiger partial charge in [0, 0.05) is 11.5 Å². The van der Waals surface area contributed by atoms with E-state index >= 15 is 0 Å². The molecule has 0 saturated carbocycles. The lowest BCUT2D eigenvalue weighted by Gasteiger charge is -2.53. The number of hydrogen-bond donors (Lipinski definition) is 1. The maximum atomic E-state index is 3.95. The first kappa shape index (κ1) is 17.3. The van der Waals surface area contributed by atoms with E-state index in [1.54, 1.807) is 16.7 Å². The molecule has 1 heteroatoms. The quantitative estimate of drug-likeness (QED) is 0.767. The smallest absolute Gasteiger partial charge is 0.0142 e. The third kappa shape index (κ3) is 2.65. The number of piperidine rings is 1.